The first-order valence-corrected chi connectivity index (χ1v) is 8.59. The van der Waals surface area contributed by atoms with Crippen LogP contribution >= 0.6 is 31.9 Å². The molecule has 0 fully saturated rings. The molecule has 0 aliphatic heterocycles. The fourth-order valence-corrected chi connectivity index (χ4v) is 3.64. The highest BCUT2D eigenvalue weighted by atomic mass is 79.9. The fraction of sp³-hybridized carbons (Fsp3) is 0.294. The summed E-state index contributed by atoms with van der Waals surface area (Å²) in [7, 11) is 0. The number of hydrogen-bond donors (Lipinski definition) is 1. The maximum atomic E-state index is 5.60. The van der Waals surface area contributed by atoms with E-state index in [-0.39, 0.29) is 0 Å². The molecule has 2 nitrogen and oxygen atoms in total. The summed E-state index contributed by atoms with van der Waals surface area (Å²) in [5.74, 6) is 0.859. The number of rotatable bonds is 6. The molecule has 1 atom stereocenters. The lowest BCUT2D eigenvalue weighted by atomic mass is 10.1. The number of benzene rings is 2. The Morgan fingerprint density at radius 1 is 1.10 bits per heavy atom. The monoisotopic (exact) mass is 411 g/mol. The maximum absolute atomic E-state index is 5.60. The third-order valence-corrected chi connectivity index (χ3v) is 4.44. The highest BCUT2D eigenvalue weighted by Gasteiger charge is 2.10. The predicted octanol–water partition coefficient (Wildman–Crippen LogP) is 5.46. The SMILES string of the molecule is CCOc1c(Br)cc(CN[C@H](C)c2ccccc2)cc1Br. The Balaban J connectivity index is 2.04. The minimum absolute atomic E-state index is 0.315. The zero-order valence-corrected chi connectivity index (χ0v) is 15.4. The van der Waals surface area contributed by atoms with E-state index in [0.29, 0.717) is 12.6 Å². The van der Waals surface area contributed by atoms with Gasteiger partial charge in [0.25, 0.3) is 0 Å². The van der Waals surface area contributed by atoms with Gasteiger partial charge in [-0.1, -0.05) is 30.3 Å². The van der Waals surface area contributed by atoms with Crippen molar-refractivity contribution >= 4 is 31.9 Å². The Kier molecular flexibility index (Phi) is 6.27. The van der Waals surface area contributed by atoms with Crippen LogP contribution in [-0.2, 0) is 6.54 Å². The summed E-state index contributed by atoms with van der Waals surface area (Å²) in [6, 6.07) is 15.0. The van der Waals surface area contributed by atoms with Gasteiger partial charge in [-0.2, -0.15) is 0 Å². The normalized spacial score (nSPS) is 12.2. The van der Waals surface area contributed by atoms with Crippen LogP contribution < -0.4 is 10.1 Å². The van der Waals surface area contributed by atoms with Gasteiger partial charge in [0.15, 0.2) is 0 Å². The van der Waals surface area contributed by atoms with Crippen LogP contribution in [0.15, 0.2) is 51.4 Å². The third kappa shape index (κ3) is 4.56. The summed E-state index contributed by atoms with van der Waals surface area (Å²) in [5, 5.41) is 3.54. The van der Waals surface area contributed by atoms with Crippen molar-refractivity contribution in [3.8, 4) is 5.75 Å². The van der Waals surface area contributed by atoms with Gasteiger partial charge in [-0.05, 0) is 69.0 Å². The Hall–Kier alpha value is -0.840. The Labute approximate surface area is 143 Å². The van der Waals surface area contributed by atoms with Gasteiger partial charge >= 0.3 is 0 Å². The molecule has 0 bridgehead atoms. The topological polar surface area (TPSA) is 21.3 Å². The summed E-state index contributed by atoms with van der Waals surface area (Å²) in [4.78, 5) is 0. The first kappa shape index (κ1) is 16.5. The van der Waals surface area contributed by atoms with E-state index < -0.39 is 0 Å². The molecule has 0 amide bonds. The van der Waals surface area contributed by atoms with Gasteiger partial charge in [0.1, 0.15) is 5.75 Å². The molecule has 0 spiro atoms. The standard InChI is InChI=1S/C17H19Br2NO/c1-3-21-17-15(18)9-13(10-16(17)19)11-20-12(2)14-7-5-4-6-8-14/h4-10,12,20H,3,11H2,1-2H3/t12-/m1/s1. The molecule has 2 rings (SSSR count). The molecule has 1 N–H and O–H groups in total. The quantitative estimate of drug-likeness (QED) is 0.679. The van der Waals surface area contributed by atoms with Gasteiger partial charge in [0, 0.05) is 12.6 Å². The molecule has 4 heteroatoms. The second kappa shape index (κ2) is 7.97. The minimum Gasteiger partial charge on any atom is -0.492 e. The molecule has 2 aromatic rings. The van der Waals surface area contributed by atoms with Crippen LogP contribution in [-0.4, -0.2) is 6.61 Å². The van der Waals surface area contributed by atoms with Gasteiger partial charge < -0.3 is 10.1 Å². The Morgan fingerprint density at radius 2 is 1.71 bits per heavy atom. The summed E-state index contributed by atoms with van der Waals surface area (Å²) < 4.78 is 7.55. The summed E-state index contributed by atoms with van der Waals surface area (Å²) in [5.41, 5.74) is 2.50. The van der Waals surface area contributed by atoms with Gasteiger partial charge in [0.2, 0.25) is 0 Å². The van der Waals surface area contributed by atoms with E-state index in [2.05, 4.69) is 80.5 Å². The van der Waals surface area contributed by atoms with E-state index in [1.165, 1.54) is 11.1 Å². The molecule has 2 aromatic carbocycles. The van der Waals surface area contributed by atoms with E-state index >= 15 is 0 Å². The van der Waals surface area contributed by atoms with Crippen molar-refractivity contribution in [2.75, 3.05) is 6.61 Å². The van der Waals surface area contributed by atoms with Crippen LogP contribution in [0.1, 0.15) is 31.0 Å². The van der Waals surface area contributed by atoms with E-state index in [1.54, 1.807) is 0 Å². The predicted molar refractivity (Wildman–Crippen MR) is 94.7 cm³/mol. The van der Waals surface area contributed by atoms with E-state index in [4.69, 9.17) is 4.74 Å². The van der Waals surface area contributed by atoms with Crippen LogP contribution in [0.3, 0.4) is 0 Å². The average molecular weight is 413 g/mol. The van der Waals surface area contributed by atoms with E-state index in [0.717, 1.165) is 21.2 Å². The lowest BCUT2D eigenvalue weighted by Crippen LogP contribution is -2.18. The highest BCUT2D eigenvalue weighted by Crippen LogP contribution is 2.34. The zero-order valence-electron chi connectivity index (χ0n) is 12.2. The molecular formula is C17H19Br2NO. The largest absolute Gasteiger partial charge is 0.492 e. The van der Waals surface area contributed by atoms with Crippen molar-refractivity contribution in [1.82, 2.24) is 5.32 Å². The first-order valence-electron chi connectivity index (χ1n) is 7.01. The van der Waals surface area contributed by atoms with E-state index in [1.807, 2.05) is 13.0 Å². The summed E-state index contributed by atoms with van der Waals surface area (Å²) in [6.45, 7) is 5.61. The second-order valence-corrected chi connectivity index (χ2v) is 6.54. The highest BCUT2D eigenvalue weighted by molar-refractivity contribution is 9.11. The Morgan fingerprint density at radius 3 is 2.29 bits per heavy atom. The molecule has 0 aliphatic rings. The molecule has 21 heavy (non-hydrogen) atoms. The van der Waals surface area contributed by atoms with Crippen molar-refractivity contribution < 1.29 is 4.74 Å². The smallest absolute Gasteiger partial charge is 0.147 e. The molecule has 0 saturated carbocycles. The molecule has 0 aliphatic carbocycles. The lowest BCUT2D eigenvalue weighted by molar-refractivity contribution is 0.336. The van der Waals surface area contributed by atoms with Crippen LogP contribution in [0, 0.1) is 0 Å². The van der Waals surface area contributed by atoms with Crippen molar-refractivity contribution in [2.24, 2.45) is 0 Å². The van der Waals surface area contributed by atoms with Crippen LogP contribution in [0.4, 0.5) is 0 Å². The number of ether oxygens (including phenoxy) is 1. The third-order valence-electron chi connectivity index (χ3n) is 3.26. The molecule has 0 unspecified atom stereocenters. The number of hydrogen-bond acceptors (Lipinski definition) is 2. The minimum atomic E-state index is 0.315. The molecule has 0 aromatic heterocycles. The number of nitrogens with one attached hydrogen (secondary N) is 1. The van der Waals surface area contributed by atoms with Crippen LogP contribution in [0.2, 0.25) is 0 Å². The molecular weight excluding hydrogens is 394 g/mol. The second-order valence-electron chi connectivity index (χ2n) is 4.83. The van der Waals surface area contributed by atoms with Crippen molar-refractivity contribution in [2.45, 2.75) is 26.4 Å². The van der Waals surface area contributed by atoms with Crippen molar-refractivity contribution in [3.63, 3.8) is 0 Å². The summed E-state index contributed by atoms with van der Waals surface area (Å²) in [6.07, 6.45) is 0. The molecule has 0 radical (unpaired) electrons. The Bertz CT molecular complexity index is 564. The fourth-order valence-electron chi connectivity index (χ4n) is 2.13. The molecule has 0 heterocycles. The zero-order chi connectivity index (χ0) is 15.2. The van der Waals surface area contributed by atoms with Gasteiger partial charge in [-0.3, -0.25) is 0 Å². The van der Waals surface area contributed by atoms with Gasteiger partial charge in [0.05, 0.1) is 15.6 Å². The van der Waals surface area contributed by atoms with E-state index in [9.17, 15) is 0 Å². The number of halogens is 2. The van der Waals surface area contributed by atoms with Gasteiger partial charge in [-0.15, -0.1) is 0 Å². The van der Waals surface area contributed by atoms with Gasteiger partial charge in [-0.25, -0.2) is 0 Å². The molecule has 112 valence electrons. The lowest BCUT2D eigenvalue weighted by Gasteiger charge is -2.16. The van der Waals surface area contributed by atoms with Crippen LogP contribution in [0.25, 0.3) is 0 Å². The van der Waals surface area contributed by atoms with Crippen LogP contribution in [0.5, 0.6) is 5.75 Å². The average Bonchev–Trinajstić information content (AvgIpc) is 2.49. The maximum Gasteiger partial charge on any atom is 0.147 e. The van der Waals surface area contributed by atoms with Crippen molar-refractivity contribution in [1.29, 1.82) is 0 Å². The van der Waals surface area contributed by atoms with Crippen molar-refractivity contribution in [3.05, 3.63) is 62.5 Å². The molecule has 0 saturated heterocycles. The summed E-state index contributed by atoms with van der Waals surface area (Å²) >= 11 is 7.14. The first-order chi connectivity index (χ1) is 10.1.